The van der Waals surface area contributed by atoms with Crippen molar-refractivity contribution < 1.29 is 4.74 Å². The second-order valence-electron chi connectivity index (χ2n) is 4.07. The molecular formula is C13H10Cl2N2O. The van der Waals surface area contributed by atoms with Gasteiger partial charge in [-0.1, -0.05) is 23.2 Å². The van der Waals surface area contributed by atoms with Crippen LogP contribution in [0.4, 0.5) is 0 Å². The lowest BCUT2D eigenvalue weighted by molar-refractivity contribution is 0.109. The molecule has 0 saturated heterocycles. The average Bonchev–Trinajstić information content (AvgIpc) is 2.39. The Kier molecular flexibility index (Phi) is 3.20. The van der Waals surface area contributed by atoms with Crippen molar-refractivity contribution in [1.29, 1.82) is 0 Å². The molecule has 92 valence electrons. The molecule has 5 heteroatoms. The van der Waals surface area contributed by atoms with Crippen LogP contribution in [0.15, 0.2) is 24.3 Å². The van der Waals surface area contributed by atoms with Gasteiger partial charge < -0.3 is 4.74 Å². The number of aromatic nitrogens is 2. The summed E-state index contributed by atoms with van der Waals surface area (Å²) in [5.41, 5.74) is 2.79. The number of hydrogen-bond acceptors (Lipinski definition) is 3. The zero-order valence-corrected chi connectivity index (χ0v) is 11.0. The van der Waals surface area contributed by atoms with Crippen molar-refractivity contribution in [3.63, 3.8) is 0 Å². The highest BCUT2D eigenvalue weighted by Crippen LogP contribution is 2.26. The maximum atomic E-state index is 6.17. The van der Waals surface area contributed by atoms with Crippen LogP contribution in [0.3, 0.4) is 0 Å². The predicted octanol–water partition coefficient (Wildman–Crippen LogP) is 3.52. The molecule has 0 radical (unpaired) electrons. The smallest absolute Gasteiger partial charge is 0.161 e. The summed E-state index contributed by atoms with van der Waals surface area (Å²) in [6.07, 6.45) is 0.776. The lowest BCUT2D eigenvalue weighted by atomic mass is 10.1. The minimum Gasteiger partial charge on any atom is -0.376 e. The van der Waals surface area contributed by atoms with Crippen molar-refractivity contribution in [2.45, 2.75) is 13.0 Å². The minimum absolute atomic E-state index is 0.477. The second kappa shape index (κ2) is 4.84. The fourth-order valence-corrected chi connectivity index (χ4v) is 2.29. The van der Waals surface area contributed by atoms with Crippen LogP contribution in [0.5, 0.6) is 0 Å². The second-order valence-corrected chi connectivity index (χ2v) is 4.87. The summed E-state index contributed by atoms with van der Waals surface area (Å²) in [7, 11) is 0. The Morgan fingerprint density at radius 3 is 2.61 bits per heavy atom. The van der Waals surface area contributed by atoms with Crippen molar-refractivity contribution in [3.05, 3.63) is 45.7 Å². The van der Waals surface area contributed by atoms with E-state index >= 15 is 0 Å². The summed E-state index contributed by atoms with van der Waals surface area (Å²) in [6.45, 7) is 1.18. The molecule has 0 bridgehead atoms. The van der Waals surface area contributed by atoms with Crippen LogP contribution >= 0.6 is 23.2 Å². The van der Waals surface area contributed by atoms with E-state index in [2.05, 4.69) is 9.97 Å². The first-order valence-electron chi connectivity index (χ1n) is 5.63. The van der Waals surface area contributed by atoms with Crippen molar-refractivity contribution in [2.75, 3.05) is 6.61 Å². The maximum absolute atomic E-state index is 6.17. The highest BCUT2D eigenvalue weighted by atomic mass is 35.5. The van der Waals surface area contributed by atoms with E-state index in [1.807, 2.05) is 24.3 Å². The molecule has 1 aromatic heterocycles. The summed E-state index contributed by atoms with van der Waals surface area (Å²) in [6, 6.07) is 7.41. The van der Waals surface area contributed by atoms with E-state index in [0.717, 1.165) is 23.2 Å². The maximum Gasteiger partial charge on any atom is 0.161 e. The third-order valence-electron chi connectivity index (χ3n) is 2.87. The zero-order chi connectivity index (χ0) is 12.5. The molecule has 1 aromatic carbocycles. The number of ether oxygens (including phenoxy) is 1. The Morgan fingerprint density at radius 2 is 1.83 bits per heavy atom. The van der Waals surface area contributed by atoms with E-state index in [9.17, 15) is 0 Å². The van der Waals surface area contributed by atoms with Gasteiger partial charge in [-0.2, -0.15) is 0 Å². The summed E-state index contributed by atoms with van der Waals surface area (Å²) < 4.78 is 5.36. The monoisotopic (exact) mass is 280 g/mol. The standard InChI is InChI=1S/C13H10Cl2N2O/c14-9-3-1-8(2-4-9)13-16-11-5-6-18-7-10(11)12(15)17-13/h1-4H,5-7H2. The van der Waals surface area contributed by atoms with Gasteiger partial charge in [0.25, 0.3) is 0 Å². The molecule has 2 heterocycles. The number of benzene rings is 1. The molecule has 0 N–H and O–H groups in total. The number of fused-ring (bicyclic) bond motifs is 1. The highest BCUT2D eigenvalue weighted by molar-refractivity contribution is 6.30. The van der Waals surface area contributed by atoms with E-state index in [1.165, 1.54) is 0 Å². The molecule has 0 unspecified atom stereocenters. The Bertz CT molecular complexity index is 584. The van der Waals surface area contributed by atoms with E-state index in [1.54, 1.807) is 0 Å². The van der Waals surface area contributed by atoms with Gasteiger partial charge in [-0.3, -0.25) is 0 Å². The van der Waals surface area contributed by atoms with Gasteiger partial charge in [0, 0.05) is 22.6 Å². The molecule has 3 nitrogen and oxygen atoms in total. The Morgan fingerprint density at radius 1 is 1.06 bits per heavy atom. The van der Waals surface area contributed by atoms with Crippen molar-refractivity contribution in [2.24, 2.45) is 0 Å². The molecule has 2 aromatic rings. The first kappa shape index (κ1) is 11.9. The SMILES string of the molecule is Clc1ccc(-c2nc(Cl)c3c(n2)CCOC3)cc1. The minimum atomic E-state index is 0.477. The topological polar surface area (TPSA) is 35.0 Å². The quantitative estimate of drug-likeness (QED) is 0.750. The predicted molar refractivity (Wildman–Crippen MR) is 70.8 cm³/mol. The Hall–Kier alpha value is -1.16. The fraction of sp³-hybridized carbons (Fsp3) is 0.231. The first-order valence-corrected chi connectivity index (χ1v) is 6.38. The Balaban J connectivity index is 2.08. The molecule has 0 fully saturated rings. The Labute approximate surface area is 115 Å². The molecule has 0 spiro atoms. The van der Waals surface area contributed by atoms with Crippen LogP contribution < -0.4 is 0 Å². The van der Waals surface area contributed by atoms with E-state index in [4.69, 9.17) is 27.9 Å². The average molecular weight is 281 g/mol. The zero-order valence-electron chi connectivity index (χ0n) is 9.49. The van der Waals surface area contributed by atoms with Gasteiger partial charge in [-0.15, -0.1) is 0 Å². The number of nitrogens with zero attached hydrogens (tertiary/aromatic N) is 2. The summed E-state index contributed by atoms with van der Waals surface area (Å²) in [4.78, 5) is 8.87. The molecule has 0 atom stereocenters. The molecule has 1 aliphatic heterocycles. The largest absolute Gasteiger partial charge is 0.376 e. The normalized spacial score (nSPS) is 14.3. The summed E-state index contributed by atoms with van der Waals surface area (Å²) in [5, 5.41) is 1.17. The van der Waals surface area contributed by atoms with Crippen molar-refractivity contribution in [3.8, 4) is 11.4 Å². The molecule has 0 saturated carbocycles. The molecular weight excluding hydrogens is 271 g/mol. The van der Waals surface area contributed by atoms with Gasteiger partial charge in [-0.05, 0) is 24.3 Å². The van der Waals surface area contributed by atoms with Crippen LogP contribution in [0.25, 0.3) is 11.4 Å². The van der Waals surface area contributed by atoms with Gasteiger partial charge >= 0.3 is 0 Å². The summed E-state index contributed by atoms with van der Waals surface area (Å²) >= 11 is 12.0. The van der Waals surface area contributed by atoms with Crippen LogP contribution in [-0.2, 0) is 17.8 Å². The first-order chi connectivity index (χ1) is 8.74. The van der Waals surface area contributed by atoms with Crippen LogP contribution in [-0.4, -0.2) is 16.6 Å². The third kappa shape index (κ3) is 2.21. The lowest BCUT2D eigenvalue weighted by Gasteiger charge is -2.17. The lowest BCUT2D eigenvalue weighted by Crippen LogP contribution is -2.14. The molecule has 18 heavy (non-hydrogen) atoms. The van der Waals surface area contributed by atoms with Crippen molar-refractivity contribution >= 4 is 23.2 Å². The fourth-order valence-electron chi connectivity index (χ4n) is 1.92. The number of hydrogen-bond donors (Lipinski definition) is 0. The van der Waals surface area contributed by atoms with E-state index in [0.29, 0.717) is 29.2 Å². The van der Waals surface area contributed by atoms with E-state index in [-0.39, 0.29) is 0 Å². The van der Waals surface area contributed by atoms with Gasteiger partial charge in [-0.25, -0.2) is 9.97 Å². The molecule has 0 aliphatic carbocycles. The van der Waals surface area contributed by atoms with Gasteiger partial charge in [0.1, 0.15) is 5.15 Å². The number of rotatable bonds is 1. The van der Waals surface area contributed by atoms with Crippen LogP contribution in [0.1, 0.15) is 11.3 Å². The molecule has 0 amide bonds. The van der Waals surface area contributed by atoms with Crippen molar-refractivity contribution in [1.82, 2.24) is 9.97 Å². The summed E-state index contributed by atoms with van der Waals surface area (Å²) in [5.74, 6) is 0.636. The highest BCUT2D eigenvalue weighted by Gasteiger charge is 2.17. The molecule has 1 aliphatic rings. The third-order valence-corrected chi connectivity index (χ3v) is 3.44. The number of halogens is 2. The van der Waals surface area contributed by atoms with Gasteiger partial charge in [0.05, 0.1) is 18.9 Å². The van der Waals surface area contributed by atoms with E-state index < -0.39 is 0 Å². The van der Waals surface area contributed by atoms with Gasteiger partial charge in [0.2, 0.25) is 0 Å². The molecule has 3 rings (SSSR count). The van der Waals surface area contributed by atoms with Crippen LogP contribution in [0.2, 0.25) is 10.2 Å². The van der Waals surface area contributed by atoms with Crippen LogP contribution in [0, 0.1) is 0 Å². The van der Waals surface area contributed by atoms with Gasteiger partial charge in [0.15, 0.2) is 5.82 Å².